The van der Waals surface area contributed by atoms with Gasteiger partial charge in [-0.15, -0.1) is 53.6 Å². The van der Waals surface area contributed by atoms with Crippen LogP contribution in [-0.4, -0.2) is 16.3 Å². The molecule has 85 heavy (non-hydrogen) atoms. The third kappa shape index (κ3) is 9.10. The van der Waals surface area contributed by atoms with Crippen LogP contribution in [0.4, 0.5) is 22.7 Å². The van der Waals surface area contributed by atoms with Crippen LogP contribution in [0, 0.1) is 18.8 Å². The zero-order valence-corrected chi connectivity index (χ0v) is 53.6. The zero-order valence-electron chi connectivity index (χ0n) is 51.4. The number of para-hydroxylation sites is 2. The van der Waals surface area contributed by atoms with Gasteiger partial charge in [-0.25, -0.2) is 4.98 Å². The fourth-order valence-corrected chi connectivity index (χ4v) is 14.2. The topological polar surface area (TPSA) is 33.5 Å². The summed E-state index contributed by atoms with van der Waals surface area (Å²) in [5.41, 5.74) is 23.5. The number of hydrogen-bond acceptors (Lipinski definition) is 4. The average molecular weight is 1290 g/mol. The number of fused-ring (bicyclic) bond motifs is 7. The van der Waals surface area contributed by atoms with Crippen molar-refractivity contribution in [2.24, 2.45) is 0 Å². The summed E-state index contributed by atoms with van der Waals surface area (Å²) in [5, 5.41) is 1.25. The molecule has 0 radical (unpaired) electrons. The first-order valence-electron chi connectivity index (χ1n) is 30.2. The molecule has 1 spiro atoms. The van der Waals surface area contributed by atoms with Gasteiger partial charge in [-0.2, -0.15) is 6.07 Å². The summed E-state index contributed by atoms with van der Waals surface area (Å²) < 4.78 is 9.66. The predicted octanol–water partition coefficient (Wildman–Crippen LogP) is 18.7. The van der Waals surface area contributed by atoms with Crippen molar-refractivity contribution in [2.45, 2.75) is 129 Å². The maximum absolute atomic E-state index is 7.31. The molecule has 2 aromatic heterocycles. The Labute approximate surface area is 519 Å². The number of ether oxygens (including phenoxy) is 1. The second-order valence-electron chi connectivity index (χ2n) is 28.1. The molecule has 0 amide bonds. The number of pyridine rings is 1. The first kappa shape index (κ1) is 56.5. The van der Waals surface area contributed by atoms with Crippen molar-refractivity contribution in [1.82, 2.24) is 9.55 Å². The number of nitrogens with zero attached hydrogens (tertiary/aromatic N) is 4. The number of allylic oxidation sites excluding steroid dienone is 1. The van der Waals surface area contributed by atoms with E-state index >= 15 is 0 Å². The fraction of sp³-hybridized carbons (Fsp3) is 0.256. The van der Waals surface area contributed by atoms with Gasteiger partial charge in [0, 0.05) is 78.1 Å². The standard InChI is InChI=1S/C78H74BN4O.Pt/c1-74(2,3)51-37-38-80-70(44-51)83-68-36-24-31-62-71(68)72-63(78(62)60-29-17-19-32-64(60)79(13)65-33-20-18-30-61(65)78)46-57(47-69(72)83)84-56-28-23-27-55(45-56)81-48-82(67-35-22-21-34-66(67)81)73-58(49-25-15-14-16-26-49)42-54(77(10,11)12)43-59(73)50-39-52(75(4,5)6)41-53(40-50)76(7,8)9;/h14-30,32-44,46,48,62H,31H2,1-13H3;/q-3;. The molecule has 428 valence electrons. The van der Waals surface area contributed by atoms with Crippen LogP contribution in [0.25, 0.3) is 45.1 Å². The van der Waals surface area contributed by atoms with Crippen LogP contribution in [0.3, 0.4) is 0 Å². The SMILES string of the molecule is CB1c2ccccc2C2(c3ccccc31)c1cc(Oc3[c-]c(N4[CH-]N(c5c(-c6ccccc6)cc(C(C)(C)C)cc5-c5cc(C(C)(C)C)cc(C(C)(C)C)c5)c5ccccc54)ccc3)[c-]c3c1c1c(n3-c3cc(C(C)(C)C)ccn3)C=CCC12.[Pt]. The van der Waals surface area contributed by atoms with Gasteiger partial charge >= 0.3 is 0 Å². The summed E-state index contributed by atoms with van der Waals surface area (Å²) in [6, 6.07) is 71.1. The van der Waals surface area contributed by atoms with Gasteiger partial charge in [0.05, 0.1) is 0 Å². The summed E-state index contributed by atoms with van der Waals surface area (Å²) in [6.45, 7) is 32.7. The van der Waals surface area contributed by atoms with Gasteiger partial charge in [0.25, 0.3) is 0 Å². The van der Waals surface area contributed by atoms with E-state index in [2.05, 4.69) is 299 Å². The van der Waals surface area contributed by atoms with E-state index in [-0.39, 0.29) is 55.4 Å². The van der Waals surface area contributed by atoms with Gasteiger partial charge in [0.1, 0.15) is 5.82 Å². The Morgan fingerprint density at radius 1 is 0.553 bits per heavy atom. The summed E-state index contributed by atoms with van der Waals surface area (Å²) in [7, 11) is 0. The molecule has 2 aliphatic heterocycles. The smallest absolute Gasteiger partial charge is 0.207 e. The number of rotatable bonds is 7. The summed E-state index contributed by atoms with van der Waals surface area (Å²) >= 11 is 0. The van der Waals surface area contributed by atoms with Gasteiger partial charge in [0.15, 0.2) is 0 Å². The number of hydrogen-bond donors (Lipinski definition) is 0. The maximum atomic E-state index is 7.31. The normalized spacial score (nSPS) is 15.7. The van der Waals surface area contributed by atoms with Crippen LogP contribution < -0.4 is 25.5 Å². The summed E-state index contributed by atoms with van der Waals surface area (Å²) in [4.78, 5) is 9.84. The zero-order chi connectivity index (χ0) is 58.4. The Bertz CT molecular complexity index is 4250. The fourth-order valence-electron chi connectivity index (χ4n) is 14.2. The maximum Gasteiger partial charge on any atom is 0.207 e. The quantitative estimate of drug-likeness (QED) is 0.118. The molecule has 0 fully saturated rings. The van der Waals surface area contributed by atoms with Crippen molar-refractivity contribution in [3.63, 3.8) is 0 Å². The van der Waals surface area contributed by atoms with E-state index in [1.165, 1.54) is 88.8 Å². The molecule has 1 atom stereocenters. The molecule has 4 aliphatic rings. The van der Waals surface area contributed by atoms with Gasteiger partial charge < -0.3 is 19.1 Å². The van der Waals surface area contributed by atoms with Crippen molar-refractivity contribution < 1.29 is 25.8 Å². The van der Waals surface area contributed by atoms with Crippen molar-refractivity contribution >= 4 is 57.4 Å². The van der Waals surface area contributed by atoms with Gasteiger partial charge in [-0.05, 0) is 121 Å². The molecular formula is C78H74BN4OPt-3. The molecule has 1 unspecified atom stereocenters. The number of benzene rings is 8. The second kappa shape index (κ2) is 20.2. The van der Waals surface area contributed by atoms with Crippen molar-refractivity contribution in [1.29, 1.82) is 0 Å². The van der Waals surface area contributed by atoms with E-state index in [0.717, 1.165) is 40.5 Å². The predicted molar refractivity (Wildman–Crippen MR) is 352 cm³/mol. The number of aromatic nitrogens is 2. The Balaban J connectivity index is 0.00000672. The molecule has 14 rings (SSSR count). The largest absolute Gasteiger partial charge is 0.509 e. The van der Waals surface area contributed by atoms with Crippen LogP contribution in [0.15, 0.2) is 182 Å². The van der Waals surface area contributed by atoms with E-state index < -0.39 is 5.41 Å². The minimum Gasteiger partial charge on any atom is -0.509 e. The van der Waals surface area contributed by atoms with Crippen LogP contribution in [0.1, 0.15) is 146 Å². The minimum atomic E-state index is -0.469. The molecule has 10 aromatic rings. The van der Waals surface area contributed by atoms with Crippen LogP contribution in [-0.2, 0) is 48.1 Å². The molecule has 2 aliphatic carbocycles. The molecule has 0 saturated heterocycles. The van der Waals surface area contributed by atoms with Crippen LogP contribution in [0.2, 0.25) is 6.82 Å². The molecule has 7 heteroatoms. The van der Waals surface area contributed by atoms with Gasteiger partial charge in [-0.3, -0.25) is 0 Å². The Morgan fingerprint density at radius 3 is 1.76 bits per heavy atom. The Hall–Kier alpha value is -7.66. The van der Waals surface area contributed by atoms with E-state index in [1.807, 2.05) is 12.3 Å². The summed E-state index contributed by atoms with van der Waals surface area (Å²) in [6.07, 6.45) is 7.60. The molecule has 5 nitrogen and oxygen atoms in total. The average Bonchev–Trinajstić information content (AvgIpc) is 1.53. The Kier molecular flexibility index (Phi) is 13.4. The monoisotopic (exact) mass is 1290 g/mol. The minimum absolute atomic E-state index is 0. The molecule has 4 heterocycles. The van der Waals surface area contributed by atoms with E-state index in [4.69, 9.17) is 9.72 Å². The van der Waals surface area contributed by atoms with E-state index in [1.54, 1.807) is 0 Å². The molecule has 0 saturated carbocycles. The first-order valence-corrected chi connectivity index (χ1v) is 30.2. The molecular weight excluding hydrogens is 1210 g/mol. The van der Waals surface area contributed by atoms with Gasteiger partial charge in [-0.1, -0.05) is 227 Å². The van der Waals surface area contributed by atoms with E-state index in [9.17, 15) is 0 Å². The van der Waals surface area contributed by atoms with Gasteiger partial charge in [0.2, 0.25) is 6.71 Å². The second-order valence-corrected chi connectivity index (χ2v) is 28.1. The van der Waals surface area contributed by atoms with Crippen molar-refractivity contribution in [3.05, 3.63) is 251 Å². The molecule has 0 bridgehead atoms. The first-order chi connectivity index (χ1) is 40.1. The van der Waals surface area contributed by atoms with Crippen LogP contribution in [0.5, 0.6) is 11.5 Å². The summed E-state index contributed by atoms with van der Waals surface area (Å²) in [5.74, 6) is 2.27. The van der Waals surface area contributed by atoms with Crippen molar-refractivity contribution in [2.75, 3.05) is 9.80 Å². The third-order valence-corrected chi connectivity index (χ3v) is 18.7. The number of anilines is 4. The Morgan fingerprint density at radius 2 is 1.13 bits per heavy atom. The van der Waals surface area contributed by atoms with E-state index in [0.29, 0.717) is 11.5 Å². The van der Waals surface area contributed by atoms with Crippen molar-refractivity contribution in [3.8, 4) is 39.6 Å². The molecule has 0 N–H and O–H groups in total. The third-order valence-electron chi connectivity index (χ3n) is 18.7. The molecule has 8 aromatic carbocycles. The van der Waals surface area contributed by atoms with Crippen LogP contribution >= 0.6 is 0 Å².